The van der Waals surface area contributed by atoms with Crippen molar-refractivity contribution in [2.75, 3.05) is 13.1 Å². The lowest BCUT2D eigenvalue weighted by molar-refractivity contribution is -0.193. The number of ether oxygens (including phenoxy) is 2. The Labute approximate surface area is 142 Å². The summed E-state index contributed by atoms with van der Waals surface area (Å²) < 4.78 is 11.0. The summed E-state index contributed by atoms with van der Waals surface area (Å²) in [4.78, 5) is 13.8. The number of likely N-dealkylation sites (tertiary alicyclic amines) is 1. The van der Waals surface area contributed by atoms with Gasteiger partial charge >= 0.3 is 5.97 Å². The summed E-state index contributed by atoms with van der Waals surface area (Å²) in [5.41, 5.74) is 2.41. The molecule has 2 fully saturated rings. The molecular weight excluding hydrogens is 302 g/mol. The van der Waals surface area contributed by atoms with Gasteiger partial charge in [-0.1, -0.05) is 42.5 Å². The predicted octanol–water partition coefficient (Wildman–Crippen LogP) is 3.01. The Kier molecular flexibility index (Phi) is 4.22. The third kappa shape index (κ3) is 3.29. The Balaban J connectivity index is 1.30. The minimum Gasteiger partial charge on any atom is -0.489 e. The molecular formula is C20H21NO3. The minimum absolute atomic E-state index is 0.0330. The van der Waals surface area contributed by atoms with Crippen LogP contribution in [0.2, 0.25) is 0 Å². The second kappa shape index (κ2) is 6.65. The first-order valence-electron chi connectivity index (χ1n) is 8.46. The van der Waals surface area contributed by atoms with E-state index in [0.717, 1.165) is 37.4 Å². The maximum atomic E-state index is 11.4. The molecule has 0 bridgehead atoms. The fraction of sp³-hybridized carbons (Fsp3) is 0.350. The molecule has 0 aromatic heterocycles. The van der Waals surface area contributed by atoms with Gasteiger partial charge in [0.25, 0.3) is 0 Å². The number of hydrogen-bond acceptors (Lipinski definition) is 4. The highest BCUT2D eigenvalue weighted by atomic mass is 16.6. The van der Waals surface area contributed by atoms with Crippen molar-refractivity contribution in [1.82, 2.24) is 4.90 Å². The number of piperidine rings is 1. The van der Waals surface area contributed by atoms with Crippen LogP contribution in [0.4, 0.5) is 0 Å². The van der Waals surface area contributed by atoms with E-state index in [0.29, 0.717) is 6.61 Å². The molecule has 2 aliphatic heterocycles. The third-order valence-corrected chi connectivity index (χ3v) is 4.78. The summed E-state index contributed by atoms with van der Waals surface area (Å²) in [6, 6.07) is 18.4. The molecule has 24 heavy (non-hydrogen) atoms. The van der Waals surface area contributed by atoms with E-state index in [1.807, 2.05) is 30.3 Å². The molecule has 0 unspecified atom stereocenters. The van der Waals surface area contributed by atoms with E-state index in [1.54, 1.807) is 0 Å². The maximum absolute atomic E-state index is 11.4. The SMILES string of the molecule is O=C1O[C@H]2CCN(Cc3ccc(OCc4ccccc4)cc3)C[C@H]12. The number of nitrogens with zero attached hydrogens (tertiary/aromatic N) is 1. The molecule has 4 nitrogen and oxygen atoms in total. The van der Waals surface area contributed by atoms with Crippen molar-refractivity contribution in [2.24, 2.45) is 5.92 Å². The van der Waals surface area contributed by atoms with Crippen LogP contribution < -0.4 is 4.74 Å². The van der Waals surface area contributed by atoms with Crippen molar-refractivity contribution >= 4 is 5.97 Å². The van der Waals surface area contributed by atoms with Gasteiger partial charge in [-0.2, -0.15) is 0 Å². The first-order valence-corrected chi connectivity index (χ1v) is 8.46. The Morgan fingerprint density at radius 1 is 1.04 bits per heavy atom. The van der Waals surface area contributed by atoms with Crippen LogP contribution in [0.3, 0.4) is 0 Å². The van der Waals surface area contributed by atoms with Crippen LogP contribution in [0.25, 0.3) is 0 Å². The van der Waals surface area contributed by atoms with E-state index >= 15 is 0 Å². The quantitative estimate of drug-likeness (QED) is 0.793. The number of hydrogen-bond donors (Lipinski definition) is 0. The lowest BCUT2D eigenvalue weighted by atomic mass is 9.89. The average Bonchev–Trinajstić information content (AvgIpc) is 2.62. The first-order chi connectivity index (χ1) is 11.8. The Bertz CT molecular complexity index is 699. The van der Waals surface area contributed by atoms with E-state index in [9.17, 15) is 4.79 Å². The van der Waals surface area contributed by atoms with Crippen molar-refractivity contribution in [3.8, 4) is 5.75 Å². The number of carbonyl (C=O) groups excluding carboxylic acids is 1. The highest BCUT2D eigenvalue weighted by molar-refractivity contribution is 5.79. The van der Waals surface area contributed by atoms with E-state index in [2.05, 4.69) is 29.2 Å². The van der Waals surface area contributed by atoms with Crippen LogP contribution in [0.15, 0.2) is 54.6 Å². The number of rotatable bonds is 5. The van der Waals surface area contributed by atoms with Crippen LogP contribution in [0.1, 0.15) is 17.5 Å². The van der Waals surface area contributed by atoms with Gasteiger partial charge in [-0.15, -0.1) is 0 Å². The first kappa shape index (κ1) is 15.2. The molecule has 2 saturated heterocycles. The summed E-state index contributed by atoms with van der Waals surface area (Å²) in [5, 5.41) is 0. The zero-order valence-electron chi connectivity index (χ0n) is 13.6. The van der Waals surface area contributed by atoms with Gasteiger partial charge in [0.15, 0.2) is 0 Å². The smallest absolute Gasteiger partial charge is 0.314 e. The van der Waals surface area contributed by atoms with Crippen LogP contribution in [-0.2, 0) is 22.7 Å². The number of benzene rings is 2. The highest BCUT2D eigenvalue weighted by Crippen LogP contribution is 2.31. The van der Waals surface area contributed by atoms with Crippen molar-refractivity contribution in [1.29, 1.82) is 0 Å². The lowest BCUT2D eigenvalue weighted by Crippen LogP contribution is -2.55. The van der Waals surface area contributed by atoms with Crippen LogP contribution in [0, 0.1) is 5.92 Å². The standard InChI is InChI=1S/C20H21NO3/c22-20-18-13-21(11-10-19(18)24-20)12-15-6-8-17(9-7-15)23-14-16-4-2-1-3-5-16/h1-9,18-19H,10-14H2/t18-,19-/m0/s1. The third-order valence-electron chi connectivity index (χ3n) is 4.78. The van der Waals surface area contributed by atoms with Gasteiger partial charge in [0.1, 0.15) is 24.4 Å². The van der Waals surface area contributed by atoms with Gasteiger partial charge in [0.05, 0.1) is 0 Å². The molecule has 124 valence electrons. The second-order valence-electron chi connectivity index (χ2n) is 6.52. The van der Waals surface area contributed by atoms with E-state index in [4.69, 9.17) is 9.47 Å². The fourth-order valence-electron chi connectivity index (χ4n) is 3.36. The van der Waals surface area contributed by atoms with E-state index in [-0.39, 0.29) is 18.0 Å². The molecule has 2 aromatic rings. The minimum atomic E-state index is -0.0330. The predicted molar refractivity (Wildman–Crippen MR) is 90.5 cm³/mol. The molecule has 0 saturated carbocycles. The molecule has 2 aromatic carbocycles. The molecule has 2 atom stereocenters. The zero-order chi connectivity index (χ0) is 16.4. The van der Waals surface area contributed by atoms with Crippen molar-refractivity contribution in [2.45, 2.75) is 25.7 Å². The number of carbonyl (C=O) groups is 1. The molecule has 0 N–H and O–H groups in total. The lowest BCUT2D eigenvalue weighted by Gasteiger charge is -2.43. The number of fused-ring (bicyclic) bond motifs is 1. The van der Waals surface area contributed by atoms with Crippen molar-refractivity contribution in [3.63, 3.8) is 0 Å². The second-order valence-corrected chi connectivity index (χ2v) is 6.52. The summed E-state index contributed by atoms with van der Waals surface area (Å²) in [6.45, 7) is 3.25. The molecule has 0 amide bonds. The Morgan fingerprint density at radius 2 is 1.83 bits per heavy atom. The van der Waals surface area contributed by atoms with Crippen molar-refractivity contribution < 1.29 is 14.3 Å². The molecule has 0 aliphatic carbocycles. The normalized spacial score (nSPS) is 23.1. The topological polar surface area (TPSA) is 38.8 Å². The summed E-state index contributed by atoms with van der Waals surface area (Å²) >= 11 is 0. The molecule has 4 heteroatoms. The summed E-state index contributed by atoms with van der Waals surface area (Å²) in [5.74, 6) is 0.936. The molecule has 0 spiro atoms. The highest BCUT2D eigenvalue weighted by Gasteiger charge is 2.45. The van der Waals surface area contributed by atoms with Gasteiger partial charge in [-0.3, -0.25) is 9.69 Å². The van der Waals surface area contributed by atoms with Gasteiger partial charge in [-0.05, 0) is 29.7 Å². The summed E-state index contributed by atoms with van der Waals surface area (Å²) in [7, 11) is 0. The number of esters is 1. The molecule has 0 radical (unpaired) electrons. The van der Waals surface area contributed by atoms with Crippen LogP contribution in [-0.4, -0.2) is 30.1 Å². The molecule has 4 rings (SSSR count). The van der Waals surface area contributed by atoms with Gasteiger partial charge in [0.2, 0.25) is 0 Å². The zero-order valence-corrected chi connectivity index (χ0v) is 13.6. The van der Waals surface area contributed by atoms with Gasteiger partial charge < -0.3 is 9.47 Å². The molecule has 2 heterocycles. The van der Waals surface area contributed by atoms with E-state index in [1.165, 1.54) is 5.56 Å². The Hall–Kier alpha value is -2.33. The van der Waals surface area contributed by atoms with E-state index < -0.39 is 0 Å². The average molecular weight is 323 g/mol. The molecule has 2 aliphatic rings. The van der Waals surface area contributed by atoms with Crippen LogP contribution in [0.5, 0.6) is 5.75 Å². The Morgan fingerprint density at radius 3 is 2.58 bits per heavy atom. The maximum Gasteiger partial charge on any atom is 0.314 e. The van der Waals surface area contributed by atoms with Gasteiger partial charge in [-0.25, -0.2) is 0 Å². The van der Waals surface area contributed by atoms with Gasteiger partial charge in [0, 0.05) is 19.6 Å². The summed E-state index contributed by atoms with van der Waals surface area (Å²) in [6.07, 6.45) is 1.12. The van der Waals surface area contributed by atoms with Crippen molar-refractivity contribution in [3.05, 3.63) is 65.7 Å². The monoisotopic (exact) mass is 323 g/mol. The largest absolute Gasteiger partial charge is 0.489 e. The van der Waals surface area contributed by atoms with Crippen LogP contribution >= 0.6 is 0 Å². The fourth-order valence-corrected chi connectivity index (χ4v) is 3.36.